The van der Waals surface area contributed by atoms with Gasteiger partial charge in [0.2, 0.25) is 0 Å². The highest BCUT2D eigenvalue weighted by Crippen LogP contribution is 2.33. The molecule has 198 valence electrons. The van der Waals surface area contributed by atoms with Crippen LogP contribution in [0.4, 0.5) is 11.6 Å². The third-order valence-corrected chi connectivity index (χ3v) is 6.58. The molecule has 5 aromatic rings. The highest BCUT2D eigenvalue weighted by molar-refractivity contribution is 5.98. The first kappa shape index (κ1) is 25.7. The van der Waals surface area contributed by atoms with E-state index in [-0.39, 0.29) is 39.5 Å². The topological polar surface area (TPSA) is 141 Å². The Morgan fingerprint density at radius 2 is 1.82 bits per heavy atom. The van der Waals surface area contributed by atoms with Crippen molar-refractivity contribution in [2.24, 2.45) is 5.73 Å². The van der Waals surface area contributed by atoms with Gasteiger partial charge in [-0.3, -0.25) is 9.59 Å². The quantitative estimate of drug-likeness (QED) is 0.309. The molecule has 0 saturated carbocycles. The summed E-state index contributed by atoms with van der Waals surface area (Å²) in [5.74, 6) is -0.279. The normalized spacial score (nSPS) is 11.6. The highest BCUT2D eigenvalue weighted by atomic mass is 16.3. The molecule has 0 aliphatic rings. The number of carbonyl (C=O) groups excluding carboxylic acids is 1. The van der Waals surface area contributed by atoms with Gasteiger partial charge in [0.05, 0.1) is 11.6 Å². The van der Waals surface area contributed by atoms with E-state index in [1.807, 2.05) is 25.1 Å². The molecule has 0 radical (unpaired) electrons. The number of hydrogen-bond acceptors (Lipinski definition) is 7. The second-order valence-electron chi connectivity index (χ2n) is 10.6. The summed E-state index contributed by atoms with van der Waals surface area (Å²) in [5.41, 5.74) is 8.41. The van der Waals surface area contributed by atoms with Crippen LogP contribution in [-0.2, 0) is 5.41 Å². The number of amides is 1. The molecule has 5 rings (SSSR count). The van der Waals surface area contributed by atoms with Gasteiger partial charge in [-0.05, 0) is 60.2 Å². The van der Waals surface area contributed by atoms with Gasteiger partial charge in [0.15, 0.2) is 11.6 Å². The van der Waals surface area contributed by atoms with Gasteiger partial charge in [0.1, 0.15) is 22.8 Å². The minimum atomic E-state index is -0.704. The predicted molar refractivity (Wildman–Crippen MR) is 150 cm³/mol. The number of aryl methyl sites for hydroxylation is 2. The lowest BCUT2D eigenvalue weighted by molar-refractivity contribution is 0.100. The van der Waals surface area contributed by atoms with Crippen molar-refractivity contribution in [2.75, 3.05) is 5.32 Å². The van der Waals surface area contributed by atoms with Gasteiger partial charge in [-0.2, -0.15) is 9.78 Å². The van der Waals surface area contributed by atoms with Crippen LogP contribution in [0, 0.1) is 13.8 Å². The van der Waals surface area contributed by atoms with E-state index in [0.29, 0.717) is 16.8 Å². The molecule has 0 saturated heterocycles. The summed E-state index contributed by atoms with van der Waals surface area (Å²) in [6.45, 7) is 10.00. The molecule has 3 heterocycles. The maximum absolute atomic E-state index is 13.5. The number of rotatable bonds is 5. The first-order valence-electron chi connectivity index (χ1n) is 12.4. The number of phenols is 1. The van der Waals surface area contributed by atoms with Gasteiger partial charge in [0, 0.05) is 17.8 Å². The molecule has 0 fully saturated rings. The summed E-state index contributed by atoms with van der Waals surface area (Å²) in [6, 6.07) is 12.7. The first-order chi connectivity index (χ1) is 18.4. The van der Waals surface area contributed by atoms with Crippen LogP contribution in [0.1, 0.15) is 47.8 Å². The summed E-state index contributed by atoms with van der Waals surface area (Å²) in [6.07, 6.45) is 4.71. The van der Waals surface area contributed by atoms with Crippen LogP contribution in [0.15, 0.2) is 65.8 Å². The maximum Gasteiger partial charge on any atom is 0.279 e. The zero-order valence-corrected chi connectivity index (χ0v) is 22.4. The fourth-order valence-corrected chi connectivity index (χ4v) is 4.33. The Bertz CT molecular complexity index is 1800. The number of nitrogens with one attached hydrogen (secondary N) is 1. The largest absolute Gasteiger partial charge is 0.504 e. The monoisotopic (exact) mass is 523 g/mol. The van der Waals surface area contributed by atoms with Crippen LogP contribution >= 0.6 is 0 Å². The van der Waals surface area contributed by atoms with Crippen LogP contribution in [0.5, 0.6) is 5.75 Å². The molecule has 0 aliphatic heterocycles. The van der Waals surface area contributed by atoms with Gasteiger partial charge in [-0.25, -0.2) is 9.67 Å². The summed E-state index contributed by atoms with van der Waals surface area (Å²) in [5, 5.41) is 24.4. The van der Waals surface area contributed by atoms with Gasteiger partial charge < -0.3 is 16.2 Å². The number of nitrogens with two attached hydrogens (primary N) is 1. The molecule has 0 atom stereocenters. The van der Waals surface area contributed by atoms with Crippen molar-refractivity contribution in [2.45, 2.75) is 40.0 Å². The van der Waals surface area contributed by atoms with Crippen molar-refractivity contribution < 1.29 is 9.90 Å². The van der Waals surface area contributed by atoms with Crippen LogP contribution in [0.2, 0.25) is 0 Å². The van der Waals surface area contributed by atoms with Crippen molar-refractivity contribution in [3.63, 3.8) is 0 Å². The van der Waals surface area contributed by atoms with Crippen molar-refractivity contribution in [1.29, 1.82) is 0 Å². The Hall–Kier alpha value is -4.99. The fourth-order valence-electron chi connectivity index (χ4n) is 4.33. The van der Waals surface area contributed by atoms with Gasteiger partial charge >= 0.3 is 0 Å². The number of benzene rings is 2. The standard InChI is InChI=1S/C29H29N7O3/c1-16-6-11-23(31-13-16)33-27-21(26(30)38)15-35(34-27)22-10-7-17(2)24(25(22)37)36-28(39)20-9-8-19(29(3,4)5)12-18(20)14-32-36/h6-15,37H,1-5H3,(H2,30,38)(H,31,33,34). The number of hydrogen-bond donors (Lipinski definition) is 3. The smallest absolute Gasteiger partial charge is 0.279 e. The van der Waals surface area contributed by atoms with Gasteiger partial charge in [-0.1, -0.05) is 39.0 Å². The van der Waals surface area contributed by atoms with Crippen molar-refractivity contribution in [1.82, 2.24) is 24.5 Å². The SMILES string of the molecule is Cc1ccc(Nc2nn(-c3ccc(C)c(-n4ncc5cc(C(C)(C)C)ccc5c4=O)c3O)cc2C(N)=O)nc1. The van der Waals surface area contributed by atoms with E-state index in [4.69, 9.17) is 5.73 Å². The van der Waals surface area contributed by atoms with E-state index in [1.165, 1.54) is 15.6 Å². The number of anilines is 2. The van der Waals surface area contributed by atoms with Crippen molar-refractivity contribution in [3.8, 4) is 17.1 Å². The van der Waals surface area contributed by atoms with Crippen molar-refractivity contribution >= 4 is 28.3 Å². The maximum atomic E-state index is 13.5. The molecule has 0 bridgehead atoms. The number of fused-ring (bicyclic) bond motifs is 1. The number of pyridine rings is 1. The highest BCUT2D eigenvalue weighted by Gasteiger charge is 2.22. The number of primary amides is 1. The van der Waals surface area contributed by atoms with Gasteiger partial charge in [0.25, 0.3) is 11.5 Å². The summed E-state index contributed by atoms with van der Waals surface area (Å²) in [4.78, 5) is 30.0. The molecule has 2 aromatic carbocycles. The third kappa shape index (κ3) is 4.72. The number of aromatic nitrogens is 5. The molecule has 10 heteroatoms. The Kier molecular flexibility index (Phi) is 6.18. The molecular weight excluding hydrogens is 494 g/mol. The minimum absolute atomic E-state index is 0.0804. The molecule has 3 aromatic heterocycles. The lowest BCUT2D eigenvalue weighted by Gasteiger charge is -2.19. The van der Waals surface area contributed by atoms with Crippen LogP contribution in [-0.4, -0.2) is 35.6 Å². The van der Waals surface area contributed by atoms with E-state index in [9.17, 15) is 14.7 Å². The van der Waals surface area contributed by atoms with E-state index < -0.39 is 5.91 Å². The van der Waals surface area contributed by atoms with E-state index in [0.717, 1.165) is 16.5 Å². The first-order valence-corrected chi connectivity index (χ1v) is 12.4. The second kappa shape index (κ2) is 9.39. The minimum Gasteiger partial charge on any atom is -0.504 e. The van der Waals surface area contributed by atoms with E-state index in [2.05, 4.69) is 41.3 Å². The Morgan fingerprint density at radius 1 is 1.05 bits per heavy atom. The molecule has 0 aliphatic carbocycles. The average molecular weight is 524 g/mol. The number of nitrogens with zero attached hydrogens (tertiary/aromatic N) is 5. The van der Waals surface area contributed by atoms with Crippen LogP contribution in [0.25, 0.3) is 22.1 Å². The zero-order chi connectivity index (χ0) is 28.1. The predicted octanol–water partition coefficient (Wildman–Crippen LogP) is 4.43. The second-order valence-corrected chi connectivity index (χ2v) is 10.6. The molecule has 1 amide bonds. The summed E-state index contributed by atoms with van der Waals surface area (Å²) < 4.78 is 2.51. The lowest BCUT2D eigenvalue weighted by Crippen LogP contribution is -2.22. The molecular formula is C29H29N7O3. The Labute approximate surface area is 224 Å². The average Bonchev–Trinajstić information content (AvgIpc) is 3.30. The Balaban J connectivity index is 1.61. The summed E-state index contributed by atoms with van der Waals surface area (Å²) in [7, 11) is 0. The molecule has 0 spiro atoms. The molecule has 0 unspecified atom stereocenters. The summed E-state index contributed by atoms with van der Waals surface area (Å²) >= 11 is 0. The van der Waals surface area contributed by atoms with Crippen LogP contribution < -0.4 is 16.6 Å². The third-order valence-electron chi connectivity index (χ3n) is 6.58. The zero-order valence-electron chi connectivity index (χ0n) is 22.4. The number of phenolic OH excluding ortho intramolecular Hbond substituents is 1. The molecule has 10 nitrogen and oxygen atoms in total. The van der Waals surface area contributed by atoms with E-state index in [1.54, 1.807) is 43.6 Å². The Morgan fingerprint density at radius 3 is 2.49 bits per heavy atom. The fraction of sp³-hybridized carbons (Fsp3) is 0.207. The number of aromatic hydroxyl groups is 1. The van der Waals surface area contributed by atoms with Crippen molar-refractivity contribution in [3.05, 3.63) is 93.7 Å². The lowest BCUT2D eigenvalue weighted by atomic mass is 9.86. The molecule has 39 heavy (non-hydrogen) atoms. The molecule has 4 N–H and O–H groups in total. The van der Waals surface area contributed by atoms with Crippen LogP contribution in [0.3, 0.4) is 0 Å². The van der Waals surface area contributed by atoms with E-state index >= 15 is 0 Å². The van der Waals surface area contributed by atoms with Gasteiger partial charge in [-0.15, -0.1) is 5.10 Å². The number of carbonyl (C=O) groups is 1.